The third kappa shape index (κ3) is 3.75. The Morgan fingerprint density at radius 2 is 2.05 bits per heavy atom. The fourth-order valence-corrected chi connectivity index (χ4v) is 3.61. The van der Waals surface area contributed by atoms with Crippen LogP contribution in [0.2, 0.25) is 0 Å². The van der Waals surface area contributed by atoms with Crippen LogP contribution >= 0.6 is 10.7 Å². The van der Waals surface area contributed by atoms with Crippen molar-refractivity contribution in [3.8, 4) is 0 Å². The lowest BCUT2D eigenvalue weighted by Crippen LogP contribution is -2.39. The zero-order valence-corrected chi connectivity index (χ0v) is 13.4. The Bertz CT molecular complexity index is 620. The van der Waals surface area contributed by atoms with Crippen LogP contribution in [-0.4, -0.2) is 43.8 Å². The Labute approximate surface area is 127 Å². The maximum Gasteiger partial charge on any atom is 0.273 e. The van der Waals surface area contributed by atoms with Gasteiger partial charge in [-0.3, -0.25) is 9.89 Å². The molecule has 1 aliphatic heterocycles. The van der Waals surface area contributed by atoms with Crippen LogP contribution in [0, 0.1) is 0 Å². The molecule has 0 saturated carbocycles. The normalized spacial score (nSPS) is 17.1. The van der Waals surface area contributed by atoms with Crippen molar-refractivity contribution in [1.29, 1.82) is 0 Å². The van der Waals surface area contributed by atoms with Crippen LogP contribution in [-0.2, 0) is 13.8 Å². The monoisotopic (exact) mass is 335 g/mol. The maximum absolute atomic E-state index is 12.3. The van der Waals surface area contributed by atoms with Crippen molar-refractivity contribution < 1.29 is 17.9 Å². The molecule has 0 spiro atoms. The van der Waals surface area contributed by atoms with E-state index in [0.29, 0.717) is 31.7 Å². The number of nitrogens with zero attached hydrogens (tertiary/aromatic N) is 1. The number of rotatable bonds is 4. The largest absolute Gasteiger partial charge is 0.381 e. The van der Waals surface area contributed by atoms with Gasteiger partial charge in [0.05, 0.1) is 5.69 Å². The molecular formula is C12H18ClN3O4S. The zero-order valence-electron chi connectivity index (χ0n) is 11.8. The summed E-state index contributed by atoms with van der Waals surface area (Å²) in [5, 5.41) is 9.21. The van der Waals surface area contributed by atoms with Crippen molar-refractivity contribution in [3.63, 3.8) is 0 Å². The first kappa shape index (κ1) is 16.3. The van der Waals surface area contributed by atoms with Gasteiger partial charge >= 0.3 is 0 Å². The summed E-state index contributed by atoms with van der Waals surface area (Å²) in [5.74, 6) is -0.685. The van der Waals surface area contributed by atoms with E-state index < -0.39 is 15.0 Å². The topological polar surface area (TPSA) is 101 Å². The number of nitrogens with one attached hydrogen (secondary N) is 2. The van der Waals surface area contributed by atoms with Gasteiger partial charge in [-0.1, -0.05) is 13.8 Å². The van der Waals surface area contributed by atoms with Crippen LogP contribution in [0.15, 0.2) is 4.90 Å². The summed E-state index contributed by atoms with van der Waals surface area (Å²) < 4.78 is 28.7. The van der Waals surface area contributed by atoms with E-state index in [1.54, 1.807) is 13.8 Å². The van der Waals surface area contributed by atoms with Crippen molar-refractivity contribution in [2.24, 2.45) is 0 Å². The average molecular weight is 336 g/mol. The molecule has 0 unspecified atom stereocenters. The number of H-pyrrole nitrogens is 1. The Morgan fingerprint density at radius 3 is 2.57 bits per heavy atom. The lowest BCUT2D eigenvalue weighted by molar-refractivity contribution is 0.0692. The van der Waals surface area contributed by atoms with Crippen molar-refractivity contribution in [2.45, 2.75) is 43.5 Å². The molecule has 2 rings (SSSR count). The summed E-state index contributed by atoms with van der Waals surface area (Å²) >= 11 is 0. The predicted octanol–water partition coefficient (Wildman–Crippen LogP) is 1.37. The first-order chi connectivity index (χ1) is 9.80. The standard InChI is InChI=1S/C12H18ClN3O4S/c1-7(2)9-11(21(13,18)19)10(16-15-9)12(17)14-8-3-5-20-6-4-8/h7-8H,3-6H2,1-2H3,(H,14,17)(H,15,16). The van der Waals surface area contributed by atoms with Gasteiger partial charge in [0.1, 0.15) is 4.90 Å². The summed E-state index contributed by atoms with van der Waals surface area (Å²) in [6.07, 6.45) is 1.38. The Hall–Kier alpha value is -1.12. The Morgan fingerprint density at radius 1 is 1.43 bits per heavy atom. The molecule has 1 fully saturated rings. The SMILES string of the molecule is CC(C)c1[nH]nc(C(=O)NC2CCOCC2)c1S(=O)(=O)Cl. The highest BCUT2D eigenvalue weighted by Gasteiger charge is 2.30. The van der Waals surface area contributed by atoms with Crippen molar-refractivity contribution in [3.05, 3.63) is 11.4 Å². The third-order valence-corrected chi connectivity index (χ3v) is 4.70. The van der Waals surface area contributed by atoms with Gasteiger partial charge in [0.15, 0.2) is 5.69 Å². The van der Waals surface area contributed by atoms with E-state index in [2.05, 4.69) is 15.5 Å². The molecule has 2 N–H and O–H groups in total. The molecular weight excluding hydrogens is 318 g/mol. The first-order valence-corrected chi connectivity index (χ1v) is 9.03. The van der Waals surface area contributed by atoms with Crippen molar-refractivity contribution in [2.75, 3.05) is 13.2 Å². The molecule has 0 aliphatic carbocycles. The van der Waals surface area contributed by atoms with Gasteiger partial charge < -0.3 is 10.1 Å². The highest BCUT2D eigenvalue weighted by molar-refractivity contribution is 8.13. The molecule has 1 amide bonds. The van der Waals surface area contributed by atoms with Gasteiger partial charge in [0.2, 0.25) is 0 Å². The lowest BCUT2D eigenvalue weighted by Gasteiger charge is -2.22. The molecule has 1 aliphatic rings. The summed E-state index contributed by atoms with van der Waals surface area (Å²) in [4.78, 5) is 12.0. The van der Waals surface area contributed by atoms with E-state index >= 15 is 0 Å². The second kappa shape index (κ2) is 6.33. The first-order valence-electron chi connectivity index (χ1n) is 6.72. The number of hydrogen-bond acceptors (Lipinski definition) is 5. The highest BCUT2D eigenvalue weighted by Crippen LogP contribution is 2.27. The minimum absolute atomic E-state index is 0.0451. The summed E-state index contributed by atoms with van der Waals surface area (Å²) in [5.41, 5.74) is 0.155. The van der Waals surface area contributed by atoms with Crippen LogP contribution < -0.4 is 5.32 Å². The molecule has 0 bridgehead atoms. The van der Waals surface area contributed by atoms with Gasteiger partial charge in [-0.15, -0.1) is 0 Å². The number of aromatic nitrogens is 2. The summed E-state index contributed by atoms with van der Waals surface area (Å²) in [6, 6.07) is -0.0451. The van der Waals surface area contributed by atoms with Crippen LogP contribution in [0.1, 0.15) is 48.8 Å². The minimum atomic E-state index is -4.06. The number of hydrogen-bond donors (Lipinski definition) is 2. The molecule has 7 nitrogen and oxygen atoms in total. The molecule has 0 aromatic carbocycles. The van der Waals surface area contributed by atoms with E-state index in [0.717, 1.165) is 0 Å². The van der Waals surface area contributed by atoms with E-state index in [4.69, 9.17) is 15.4 Å². The van der Waals surface area contributed by atoms with Gasteiger partial charge in [-0.05, 0) is 18.8 Å². The summed E-state index contributed by atoms with van der Waals surface area (Å²) in [6.45, 7) is 4.73. The number of halogens is 1. The van der Waals surface area contributed by atoms with Gasteiger partial charge in [-0.25, -0.2) is 8.42 Å². The molecule has 21 heavy (non-hydrogen) atoms. The smallest absolute Gasteiger partial charge is 0.273 e. The average Bonchev–Trinajstić information content (AvgIpc) is 2.84. The summed E-state index contributed by atoms with van der Waals surface area (Å²) in [7, 11) is 1.39. The van der Waals surface area contributed by atoms with E-state index in [9.17, 15) is 13.2 Å². The van der Waals surface area contributed by atoms with E-state index in [-0.39, 0.29) is 22.5 Å². The third-order valence-electron chi connectivity index (χ3n) is 3.34. The van der Waals surface area contributed by atoms with Gasteiger partial charge in [0.25, 0.3) is 15.0 Å². The molecule has 0 radical (unpaired) electrons. The van der Waals surface area contributed by atoms with Gasteiger partial charge in [0, 0.05) is 29.9 Å². The molecule has 1 aromatic rings. The van der Waals surface area contributed by atoms with Gasteiger partial charge in [-0.2, -0.15) is 5.10 Å². The maximum atomic E-state index is 12.3. The number of ether oxygens (including phenoxy) is 1. The lowest BCUT2D eigenvalue weighted by atomic mass is 10.1. The quantitative estimate of drug-likeness (QED) is 0.809. The number of carbonyl (C=O) groups is 1. The number of carbonyl (C=O) groups excluding carboxylic acids is 1. The zero-order chi connectivity index (χ0) is 15.6. The number of amides is 1. The van der Waals surface area contributed by atoms with Crippen LogP contribution in [0.25, 0.3) is 0 Å². The van der Waals surface area contributed by atoms with Crippen molar-refractivity contribution in [1.82, 2.24) is 15.5 Å². The molecule has 1 aromatic heterocycles. The minimum Gasteiger partial charge on any atom is -0.381 e. The van der Waals surface area contributed by atoms with E-state index in [1.165, 1.54) is 0 Å². The molecule has 1 saturated heterocycles. The fourth-order valence-electron chi connectivity index (χ4n) is 2.23. The van der Waals surface area contributed by atoms with Crippen LogP contribution in [0.4, 0.5) is 0 Å². The molecule has 0 atom stereocenters. The highest BCUT2D eigenvalue weighted by atomic mass is 35.7. The molecule has 9 heteroatoms. The predicted molar refractivity (Wildman–Crippen MR) is 77.0 cm³/mol. The second-order valence-corrected chi connectivity index (χ2v) is 7.77. The van der Waals surface area contributed by atoms with Crippen LogP contribution in [0.3, 0.4) is 0 Å². The Kier molecular flexibility index (Phi) is 4.90. The van der Waals surface area contributed by atoms with E-state index in [1.807, 2.05) is 0 Å². The molecule has 2 heterocycles. The Balaban J connectivity index is 2.28. The molecule has 118 valence electrons. The van der Waals surface area contributed by atoms with Crippen LogP contribution in [0.5, 0.6) is 0 Å². The fraction of sp³-hybridized carbons (Fsp3) is 0.667. The second-order valence-electron chi connectivity index (χ2n) is 5.27. The number of aromatic amines is 1. The van der Waals surface area contributed by atoms with Crippen molar-refractivity contribution >= 4 is 25.6 Å².